The lowest BCUT2D eigenvalue weighted by atomic mass is 10.2. The number of hydrogen-bond donors (Lipinski definition) is 1. The van der Waals surface area contributed by atoms with Crippen LogP contribution in [0.4, 0.5) is 5.13 Å². The predicted octanol–water partition coefficient (Wildman–Crippen LogP) is 3.24. The second kappa shape index (κ2) is 7.78. The number of aromatic nitrogens is 2. The van der Waals surface area contributed by atoms with E-state index in [1.165, 1.54) is 39.9 Å². The number of carbonyl (C=O) groups is 1. The molecule has 28 heavy (non-hydrogen) atoms. The summed E-state index contributed by atoms with van der Waals surface area (Å²) < 4.78 is 26.6. The average molecular weight is 415 g/mol. The van der Waals surface area contributed by atoms with Crippen molar-refractivity contribution in [1.29, 1.82) is 0 Å². The molecular formula is C19H18N4O3S2. The van der Waals surface area contributed by atoms with Crippen molar-refractivity contribution in [2.75, 3.05) is 18.4 Å². The number of pyridine rings is 1. The van der Waals surface area contributed by atoms with E-state index in [4.69, 9.17) is 0 Å². The summed E-state index contributed by atoms with van der Waals surface area (Å²) in [4.78, 5) is 21.1. The molecule has 1 amide bonds. The van der Waals surface area contributed by atoms with Crippen molar-refractivity contribution in [1.82, 2.24) is 14.3 Å². The maximum Gasteiger partial charge on any atom is 0.257 e. The monoisotopic (exact) mass is 414 g/mol. The second-order valence-corrected chi connectivity index (χ2v) is 9.17. The van der Waals surface area contributed by atoms with Crippen LogP contribution in [0.25, 0.3) is 11.3 Å². The first-order chi connectivity index (χ1) is 13.5. The summed E-state index contributed by atoms with van der Waals surface area (Å²) in [5.74, 6) is -0.336. The first-order valence-electron chi connectivity index (χ1n) is 8.81. The standard InChI is InChI=1S/C19H18N4O3S2/c24-18(22-19-21-17(13-27-19)15-4-3-9-20-12-15)14-5-7-16(8-6-14)28(25,26)23-10-1-2-11-23/h3-9,12-13H,1-2,10-11H2,(H,21,22,24). The van der Waals surface area contributed by atoms with Crippen LogP contribution < -0.4 is 5.32 Å². The minimum Gasteiger partial charge on any atom is -0.298 e. The third kappa shape index (κ3) is 3.82. The molecule has 3 heterocycles. The van der Waals surface area contributed by atoms with Gasteiger partial charge in [-0.05, 0) is 49.2 Å². The summed E-state index contributed by atoms with van der Waals surface area (Å²) in [5, 5.41) is 5.07. The van der Waals surface area contributed by atoms with E-state index >= 15 is 0 Å². The van der Waals surface area contributed by atoms with Gasteiger partial charge in [-0.3, -0.25) is 15.1 Å². The highest BCUT2D eigenvalue weighted by molar-refractivity contribution is 7.89. The fraction of sp³-hybridized carbons (Fsp3) is 0.211. The molecule has 4 rings (SSSR count). The largest absolute Gasteiger partial charge is 0.298 e. The maximum atomic E-state index is 12.6. The normalized spacial score (nSPS) is 14.9. The Kier molecular flexibility index (Phi) is 5.21. The highest BCUT2D eigenvalue weighted by atomic mass is 32.2. The molecule has 144 valence electrons. The molecule has 0 saturated carbocycles. The van der Waals surface area contributed by atoms with Gasteiger partial charge in [0.2, 0.25) is 10.0 Å². The Hall–Kier alpha value is -2.62. The van der Waals surface area contributed by atoms with Crippen molar-refractivity contribution in [2.45, 2.75) is 17.7 Å². The van der Waals surface area contributed by atoms with E-state index in [9.17, 15) is 13.2 Å². The zero-order valence-corrected chi connectivity index (χ0v) is 16.5. The number of carbonyl (C=O) groups excluding carboxylic acids is 1. The summed E-state index contributed by atoms with van der Waals surface area (Å²) in [5.41, 5.74) is 1.98. The van der Waals surface area contributed by atoms with E-state index in [0.29, 0.717) is 23.8 Å². The lowest BCUT2D eigenvalue weighted by Gasteiger charge is -2.15. The van der Waals surface area contributed by atoms with Crippen molar-refractivity contribution in [3.63, 3.8) is 0 Å². The predicted molar refractivity (Wildman–Crippen MR) is 108 cm³/mol. The number of hydrogen-bond acceptors (Lipinski definition) is 6. The Balaban J connectivity index is 1.46. The molecule has 0 unspecified atom stereocenters. The van der Waals surface area contributed by atoms with Gasteiger partial charge in [0.15, 0.2) is 5.13 Å². The minimum atomic E-state index is -3.48. The van der Waals surface area contributed by atoms with Gasteiger partial charge in [0.1, 0.15) is 0 Å². The zero-order valence-electron chi connectivity index (χ0n) is 14.9. The molecule has 0 bridgehead atoms. The topological polar surface area (TPSA) is 92.3 Å². The van der Waals surface area contributed by atoms with Crippen molar-refractivity contribution < 1.29 is 13.2 Å². The van der Waals surface area contributed by atoms with Crippen LogP contribution in [0, 0.1) is 0 Å². The molecule has 0 radical (unpaired) electrons. The van der Waals surface area contributed by atoms with E-state index in [1.807, 2.05) is 17.5 Å². The number of amides is 1. The Morgan fingerprint density at radius 1 is 1.11 bits per heavy atom. The van der Waals surface area contributed by atoms with Crippen LogP contribution in [-0.4, -0.2) is 41.7 Å². The van der Waals surface area contributed by atoms with E-state index in [-0.39, 0.29) is 10.8 Å². The van der Waals surface area contributed by atoms with Crippen LogP contribution >= 0.6 is 11.3 Å². The van der Waals surface area contributed by atoms with Gasteiger partial charge in [0.05, 0.1) is 10.6 Å². The number of nitrogens with one attached hydrogen (secondary N) is 1. The van der Waals surface area contributed by atoms with E-state index in [2.05, 4.69) is 15.3 Å². The van der Waals surface area contributed by atoms with Gasteiger partial charge in [-0.15, -0.1) is 11.3 Å². The van der Waals surface area contributed by atoms with E-state index < -0.39 is 10.0 Å². The molecule has 1 aromatic carbocycles. The van der Waals surface area contributed by atoms with Gasteiger partial charge in [-0.2, -0.15) is 4.31 Å². The minimum absolute atomic E-state index is 0.207. The number of anilines is 1. The smallest absolute Gasteiger partial charge is 0.257 e. The quantitative estimate of drug-likeness (QED) is 0.692. The zero-order chi connectivity index (χ0) is 19.6. The van der Waals surface area contributed by atoms with Gasteiger partial charge in [0.25, 0.3) is 5.91 Å². The van der Waals surface area contributed by atoms with Gasteiger partial charge < -0.3 is 0 Å². The van der Waals surface area contributed by atoms with E-state index in [0.717, 1.165) is 24.1 Å². The number of thiazole rings is 1. The van der Waals surface area contributed by atoms with Gasteiger partial charge in [-0.1, -0.05) is 0 Å². The molecule has 1 N–H and O–H groups in total. The Bertz CT molecular complexity index is 1070. The first kappa shape index (κ1) is 18.7. The molecule has 1 fully saturated rings. The summed E-state index contributed by atoms with van der Waals surface area (Å²) in [7, 11) is -3.48. The molecular weight excluding hydrogens is 396 g/mol. The van der Waals surface area contributed by atoms with Crippen molar-refractivity contribution in [3.8, 4) is 11.3 Å². The van der Waals surface area contributed by atoms with Crippen LogP contribution in [0.3, 0.4) is 0 Å². The summed E-state index contributed by atoms with van der Waals surface area (Å²) in [6.07, 6.45) is 5.16. The second-order valence-electron chi connectivity index (χ2n) is 6.37. The van der Waals surface area contributed by atoms with Gasteiger partial charge in [-0.25, -0.2) is 13.4 Å². The average Bonchev–Trinajstić information content (AvgIpc) is 3.41. The Morgan fingerprint density at radius 3 is 2.54 bits per heavy atom. The number of rotatable bonds is 5. The number of benzene rings is 1. The molecule has 0 aliphatic carbocycles. The van der Waals surface area contributed by atoms with Gasteiger partial charge >= 0.3 is 0 Å². The molecule has 1 aliphatic heterocycles. The van der Waals surface area contributed by atoms with Gasteiger partial charge in [0, 0.05) is 42.0 Å². The third-order valence-corrected chi connectivity index (χ3v) is 7.17. The fourth-order valence-corrected chi connectivity index (χ4v) is 5.23. The molecule has 0 spiro atoms. The van der Waals surface area contributed by atoms with Crippen LogP contribution in [0.5, 0.6) is 0 Å². The molecule has 9 heteroatoms. The highest BCUT2D eigenvalue weighted by Gasteiger charge is 2.27. The lowest BCUT2D eigenvalue weighted by molar-refractivity contribution is 0.102. The van der Waals surface area contributed by atoms with Crippen LogP contribution in [0.2, 0.25) is 0 Å². The first-order valence-corrected chi connectivity index (χ1v) is 11.1. The van der Waals surface area contributed by atoms with E-state index in [1.54, 1.807) is 12.4 Å². The van der Waals surface area contributed by atoms with Crippen molar-refractivity contribution in [2.24, 2.45) is 0 Å². The number of nitrogens with zero attached hydrogens (tertiary/aromatic N) is 3. The molecule has 1 saturated heterocycles. The molecule has 0 atom stereocenters. The van der Waals surface area contributed by atoms with Crippen LogP contribution in [0.15, 0.2) is 59.1 Å². The molecule has 1 aliphatic rings. The maximum absolute atomic E-state index is 12.6. The van der Waals surface area contributed by atoms with Crippen molar-refractivity contribution >= 4 is 32.4 Å². The fourth-order valence-electron chi connectivity index (χ4n) is 3.00. The van der Waals surface area contributed by atoms with Crippen LogP contribution in [0.1, 0.15) is 23.2 Å². The Labute approximate surface area is 167 Å². The molecule has 3 aromatic rings. The number of sulfonamides is 1. The summed E-state index contributed by atoms with van der Waals surface area (Å²) in [6.45, 7) is 1.10. The Morgan fingerprint density at radius 2 is 1.86 bits per heavy atom. The highest BCUT2D eigenvalue weighted by Crippen LogP contribution is 2.25. The molecule has 2 aromatic heterocycles. The summed E-state index contributed by atoms with van der Waals surface area (Å²) in [6, 6.07) is 9.72. The van der Waals surface area contributed by atoms with Crippen molar-refractivity contribution in [3.05, 3.63) is 59.7 Å². The summed E-state index contributed by atoms with van der Waals surface area (Å²) >= 11 is 1.32. The SMILES string of the molecule is O=C(Nc1nc(-c2cccnc2)cs1)c1ccc(S(=O)(=O)N2CCCC2)cc1. The lowest BCUT2D eigenvalue weighted by Crippen LogP contribution is -2.27. The molecule has 7 nitrogen and oxygen atoms in total. The third-order valence-electron chi connectivity index (χ3n) is 4.50. The van der Waals surface area contributed by atoms with Crippen LogP contribution in [-0.2, 0) is 10.0 Å².